The Morgan fingerprint density at radius 1 is 1.12 bits per heavy atom. The summed E-state index contributed by atoms with van der Waals surface area (Å²) in [5.74, 6) is -1.20. The van der Waals surface area contributed by atoms with Crippen molar-refractivity contribution in [1.82, 2.24) is 9.62 Å². The highest BCUT2D eigenvalue weighted by Crippen LogP contribution is 2.29. The van der Waals surface area contributed by atoms with Gasteiger partial charge in [-0.3, -0.25) is 9.59 Å². The van der Waals surface area contributed by atoms with E-state index in [0.29, 0.717) is 4.31 Å². The lowest BCUT2D eigenvalue weighted by Crippen LogP contribution is -2.41. The smallest absolute Gasteiger partial charge is 0.269 e. The van der Waals surface area contributed by atoms with Crippen molar-refractivity contribution in [3.05, 3.63) is 64.7 Å². The molecule has 0 saturated heterocycles. The second-order valence-corrected chi connectivity index (χ2v) is 8.28. The maximum atomic E-state index is 12.5. The highest BCUT2D eigenvalue weighted by atomic mass is 32.2. The topological polar surface area (TPSA) is 83.6 Å². The summed E-state index contributed by atoms with van der Waals surface area (Å²) < 4.78 is 25.6. The van der Waals surface area contributed by atoms with Gasteiger partial charge in [0.1, 0.15) is 11.4 Å². The third-order valence-electron chi connectivity index (χ3n) is 4.61. The van der Waals surface area contributed by atoms with Crippen molar-refractivity contribution in [2.75, 3.05) is 6.54 Å². The van der Waals surface area contributed by atoms with Crippen molar-refractivity contribution in [3.63, 3.8) is 0 Å². The second kappa shape index (κ2) is 6.57. The van der Waals surface area contributed by atoms with Crippen molar-refractivity contribution in [2.45, 2.75) is 31.7 Å². The Morgan fingerprint density at radius 3 is 2.46 bits per heavy atom. The van der Waals surface area contributed by atoms with Gasteiger partial charge < -0.3 is 5.32 Å². The van der Waals surface area contributed by atoms with Gasteiger partial charge in [0, 0.05) is 0 Å². The molecule has 0 aromatic heterocycles. The van der Waals surface area contributed by atoms with E-state index in [1.165, 1.54) is 12.1 Å². The zero-order valence-electron chi connectivity index (χ0n) is 14.8. The first-order chi connectivity index (χ1) is 12.2. The normalized spacial score (nSPS) is 16.3. The van der Waals surface area contributed by atoms with Gasteiger partial charge in [-0.05, 0) is 49.6 Å². The summed E-state index contributed by atoms with van der Waals surface area (Å²) >= 11 is 0. The molecule has 0 spiro atoms. The predicted octanol–water partition coefficient (Wildman–Crippen LogP) is 2.33. The standard InChI is InChI=1S/C19H20N2O4S/c1-12-8-9-15(10-13(12)2)14(3)20-18(22)11-21-19(23)16-6-4-5-7-17(16)26(21,24)25/h4-10,14H,11H2,1-3H3,(H,20,22). The summed E-state index contributed by atoms with van der Waals surface area (Å²) in [6.07, 6.45) is 0. The lowest BCUT2D eigenvalue weighted by Gasteiger charge is -2.19. The number of aryl methyl sites for hydroxylation is 2. The number of hydrogen-bond donors (Lipinski definition) is 1. The van der Waals surface area contributed by atoms with Crippen LogP contribution in [0.15, 0.2) is 47.4 Å². The summed E-state index contributed by atoms with van der Waals surface area (Å²) in [6, 6.07) is 11.5. The summed E-state index contributed by atoms with van der Waals surface area (Å²) in [5.41, 5.74) is 3.28. The average molecular weight is 372 g/mol. The van der Waals surface area contributed by atoms with Gasteiger partial charge in [0.25, 0.3) is 15.9 Å². The molecule has 136 valence electrons. The molecule has 0 bridgehead atoms. The molecule has 1 N–H and O–H groups in total. The van der Waals surface area contributed by atoms with Gasteiger partial charge in [0.05, 0.1) is 11.6 Å². The average Bonchev–Trinajstić information content (AvgIpc) is 2.78. The molecule has 2 amide bonds. The molecular formula is C19H20N2O4S. The first-order valence-electron chi connectivity index (χ1n) is 8.24. The van der Waals surface area contributed by atoms with E-state index >= 15 is 0 Å². The molecule has 1 aliphatic heterocycles. The lowest BCUT2D eigenvalue weighted by molar-refractivity contribution is -0.121. The molecule has 2 aromatic carbocycles. The Balaban J connectivity index is 1.74. The lowest BCUT2D eigenvalue weighted by atomic mass is 10.0. The second-order valence-electron chi connectivity index (χ2n) is 6.45. The highest BCUT2D eigenvalue weighted by molar-refractivity contribution is 7.90. The van der Waals surface area contributed by atoms with Gasteiger partial charge in [0.2, 0.25) is 5.91 Å². The molecular weight excluding hydrogens is 352 g/mol. The highest BCUT2D eigenvalue weighted by Gasteiger charge is 2.41. The Hall–Kier alpha value is -2.67. The van der Waals surface area contributed by atoms with Gasteiger partial charge in [-0.25, -0.2) is 12.7 Å². The summed E-state index contributed by atoms with van der Waals surface area (Å²) in [4.78, 5) is 24.6. The van der Waals surface area contributed by atoms with Crippen molar-refractivity contribution >= 4 is 21.8 Å². The number of nitrogens with one attached hydrogen (secondary N) is 1. The molecule has 0 aliphatic carbocycles. The molecule has 0 fully saturated rings. The van der Waals surface area contributed by atoms with Crippen LogP contribution < -0.4 is 5.32 Å². The molecule has 1 unspecified atom stereocenters. The minimum atomic E-state index is -3.98. The summed E-state index contributed by atoms with van der Waals surface area (Å²) in [7, 11) is -3.98. The van der Waals surface area contributed by atoms with Crippen LogP contribution in [-0.4, -0.2) is 31.1 Å². The van der Waals surface area contributed by atoms with Crippen LogP contribution in [0.1, 0.15) is 40.0 Å². The molecule has 0 saturated carbocycles. The molecule has 26 heavy (non-hydrogen) atoms. The minimum Gasteiger partial charge on any atom is -0.348 e. The zero-order valence-corrected chi connectivity index (χ0v) is 15.6. The fourth-order valence-corrected chi connectivity index (χ4v) is 4.45. The molecule has 2 aromatic rings. The number of carbonyl (C=O) groups excluding carboxylic acids is 2. The van der Waals surface area contributed by atoms with E-state index in [4.69, 9.17) is 0 Å². The monoisotopic (exact) mass is 372 g/mol. The number of hydrogen-bond acceptors (Lipinski definition) is 4. The van der Waals surface area contributed by atoms with Crippen molar-refractivity contribution in [1.29, 1.82) is 0 Å². The Bertz CT molecular complexity index is 998. The molecule has 3 rings (SSSR count). The predicted molar refractivity (Wildman–Crippen MR) is 97.1 cm³/mol. The van der Waals surface area contributed by atoms with Crippen LogP contribution in [-0.2, 0) is 14.8 Å². The number of nitrogens with zero attached hydrogens (tertiary/aromatic N) is 1. The number of benzene rings is 2. The van der Waals surface area contributed by atoms with Gasteiger partial charge in [0.15, 0.2) is 0 Å². The Morgan fingerprint density at radius 2 is 1.81 bits per heavy atom. The first kappa shape index (κ1) is 18.1. The van der Waals surface area contributed by atoms with Crippen LogP contribution in [0.25, 0.3) is 0 Å². The van der Waals surface area contributed by atoms with E-state index in [1.807, 2.05) is 39.0 Å². The van der Waals surface area contributed by atoms with E-state index in [2.05, 4.69) is 5.32 Å². The van der Waals surface area contributed by atoms with Gasteiger partial charge in [-0.2, -0.15) is 0 Å². The first-order valence-corrected chi connectivity index (χ1v) is 9.68. The number of fused-ring (bicyclic) bond motifs is 1. The van der Waals surface area contributed by atoms with Gasteiger partial charge >= 0.3 is 0 Å². The third-order valence-corrected chi connectivity index (χ3v) is 6.39. The molecule has 1 atom stereocenters. The Labute approximate surface area is 152 Å². The quantitative estimate of drug-likeness (QED) is 0.893. The van der Waals surface area contributed by atoms with Gasteiger partial charge in [-0.15, -0.1) is 0 Å². The fourth-order valence-electron chi connectivity index (χ4n) is 2.92. The van der Waals surface area contributed by atoms with Crippen LogP contribution in [0.4, 0.5) is 0 Å². The summed E-state index contributed by atoms with van der Waals surface area (Å²) in [5, 5.41) is 2.76. The van der Waals surface area contributed by atoms with Crippen LogP contribution in [0.3, 0.4) is 0 Å². The number of amides is 2. The van der Waals surface area contributed by atoms with E-state index in [-0.39, 0.29) is 16.5 Å². The molecule has 0 radical (unpaired) electrons. The zero-order chi connectivity index (χ0) is 19.1. The third kappa shape index (κ3) is 3.10. The number of carbonyl (C=O) groups is 2. The van der Waals surface area contributed by atoms with E-state index in [0.717, 1.165) is 16.7 Å². The fraction of sp³-hybridized carbons (Fsp3) is 0.263. The molecule has 1 heterocycles. The van der Waals surface area contributed by atoms with E-state index in [9.17, 15) is 18.0 Å². The van der Waals surface area contributed by atoms with Crippen LogP contribution in [0.2, 0.25) is 0 Å². The van der Waals surface area contributed by atoms with Crippen molar-refractivity contribution in [2.24, 2.45) is 0 Å². The SMILES string of the molecule is Cc1ccc(C(C)NC(=O)CN2C(=O)c3ccccc3S2(=O)=O)cc1C. The summed E-state index contributed by atoms with van der Waals surface area (Å²) in [6.45, 7) is 5.27. The number of rotatable bonds is 4. The minimum absolute atomic E-state index is 0.0555. The number of sulfonamides is 1. The maximum Gasteiger partial charge on any atom is 0.269 e. The van der Waals surface area contributed by atoms with Crippen molar-refractivity contribution < 1.29 is 18.0 Å². The van der Waals surface area contributed by atoms with Crippen LogP contribution in [0, 0.1) is 13.8 Å². The molecule has 7 heteroatoms. The van der Waals surface area contributed by atoms with E-state index in [1.54, 1.807) is 12.1 Å². The van der Waals surface area contributed by atoms with Crippen molar-refractivity contribution in [3.8, 4) is 0 Å². The largest absolute Gasteiger partial charge is 0.348 e. The van der Waals surface area contributed by atoms with Crippen LogP contribution in [0.5, 0.6) is 0 Å². The maximum absolute atomic E-state index is 12.5. The van der Waals surface area contributed by atoms with Crippen LogP contribution >= 0.6 is 0 Å². The molecule has 6 nitrogen and oxygen atoms in total. The Kier molecular flexibility index (Phi) is 4.58. The van der Waals surface area contributed by atoms with E-state index < -0.39 is 28.4 Å². The van der Waals surface area contributed by atoms with Gasteiger partial charge in [-0.1, -0.05) is 30.3 Å². The molecule has 1 aliphatic rings.